The number of ether oxygens (including phenoxy) is 2. The van der Waals surface area contributed by atoms with E-state index in [1.807, 2.05) is 0 Å². The Bertz CT molecular complexity index is 715. The first kappa shape index (κ1) is 14.1. The summed E-state index contributed by atoms with van der Waals surface area (Å²) in [6.45, 7) is 0. The Morgan fingerprint density at radius 2 is 2.10 bits per heavy atom. The van der Waals surface area contributed by atoms with Crippen molar-refractivity contribution >= 4 is 21.7 Å². The van der Waals surface area contributed by atoms with Crippen LogP contribution in [0.25, 0.3) is 0 Å². The van der Waals surface area contributed by atoms with Gasteiger partial charge in [0.1, 0.15) is 23.4 Å². The van der Waals surface area contributed by atoms with E-state index < -0.39 is 6.10 Å². The highest BCUT2D eigenvalue weighted by Crippen LogP contribution is 2.37. The summed E-state index contributed by atoms with van der Waals surface area (Å²) < 4.78 is 24.6. The Labute approximate surface area is 129 Å². The Kier molecular flexibility index (Phi) is 3.68. The highest BCUT2D eigenvalue weighted by molar-refractivity contribution is 9.10. The van der Waals surface area contributed by atoms with Gasteiger partial charge in [-0.05, 0) is 51.8 Å². The number of rotatable bonds is 2. The zero-order valence-corrected chi connectivity index (χ0v) is 12.8. The highest BCUT2D eigenvalue weighted by atomic mass is 79.9. The first-order valence-electron chi connectivity index (χ1n) is 6.41. The van der Waals surface area contributed by atoms with Gasteiger partial charge >= 0.3 is 0 Å². The second kappa shape index (κ2) is 5.48. The van der Waals surface area contributed by atoms with Gasteiger partial charge in [-0.1, -0.05) is 6.07 Å². The van der Waals surface area contributed by atoms with Crippen LogP contribution in [0.1, 0.15) is 28.4 Å². The van der Waals surface area contributed by atoms with Crippen LogP contribution in [0.5, 0.6) is 11.5 Å². The van der Waals surface area contributed by atoms with Gasteiger partial charge in [0.15, 0.2) is 5.78 Å². The minimum absolute atomic E-state index is 0.0133. The van der Waals surface area contributed by atoms with Crippen LogP contribution < -0.4 is 9.47 Å². The van der Waals surface area contributed by atoms with Crippen molar-refractivity contribution in [1.82, 2.24) is 0 Å². The number of hydrogen-bond acceptors (Lipinski definition) is 3. The molecule has 2 aromatic carbocycles. The third-order valence-electron chi connectivity index (χ3n) is 3.44. The van der Waals surface area contributed by atoms with Gasteiger partial charge in [-0.15, -0.1) is 0 Å². The summed E-state index contributed by atoms with van der Waals surface area (Å²) in [5.74, 6) is 0.790. The SMILES string of the molecule is COc1ccc2c(c1)C(=O)CC(c1ccc(F)c(Br)c1)O2. The van der Waals surface area contributed by atoms with Crippen molar-refractivity contribution in [2.75, 3.05) is 7.11 Å². The van der Waals surface area contributed by atoms with E-state index in [9.17, 15) is 9.18 Å². The normalized spacial score (nSPS) is 17.1. The van der Waals surface area contributed by atoms with Crippen LogP contribution in [0.3, 0.4) is 0 Å². The molecular weight excluding hydrogens is 339 g/mol. The van der Waals surface area contributed by atoms with Gasteiger partial charge in [-0.25, -0.2) is 4.39 Å². The summed E-state index contributed by atoms with van der Waals surface area (Å²) >= 11 is 3.15. The fourth-order valence-electron chi connectivity index (χ4n) is 2.33. The van der Waals surface area contributed by atoms with E-state index in [-0.39, 0.29) is 18.0 Å². The van der Waals surface area contributed by atoms with Gasteiger partial charge in [0.2, 0.25) is 0 Å². The first-order valence-corrected chi connectivity index (χ1v) is 7.20. The molecule has 0 radical (unpaired) electrons. The lowest BCUT2D eigenvalue weighted by atomic mass is 9.96. The molecule has 1 aliphatic rings. The summed E-state index contributed by atoms with van der Waals surface area (Å²) in [5, 5.41) is 0. The van der Waals surface area contributed by atoms with Crippen LogP contribution in [0.15, 0.2) is 40.9 Å². The number of Topliss-reactive ketones (excluding diaryl/α,β-unsaturated/α-hetero) is 1. The number of hydrogen-bond donors (Lipinski definition) is 0. The fourth-order valence-corrected chi connectivity index (χ4v) is 2.73. The van der Waals surface area contributed by atoms with Crippen LogP contribution in [0.4, 0.5) is 4.39 Å². The van der Waals surface area contributed by atoms with Gasteiger partial charge in [0, 0.05) is 0 Å². The zero-order valence-electron chi connectivity index (χ0n) is 11.2. The molecule has 0 aromatic heterocycles. The summed E-state index contributed by atoms with van der Waals surface area (Å²) in [7, 11) is 1.55. The van der Waals surface area contributed by atoms with Gasteiger partial charge in [0.25, 0.3) is 0 Å². The Morgan fingerprint density at radius 3 is 2.81 bits per heavy atom. The molecule has 21 heavy (non-hydrogen) atoms. The molecule has 0 fully saturated rings. The predicted octanol–water partition coefficient (Wildman–Crippen LogP) is 4.30. The van der Waals surface area contributed by atoms with Crippen molar-refractivity contribution < 1.29 is 18.7 Å². The standard InChI is InChI=1S/C16H12BrFO3/c1-20-10-3-5-15-11(7-10)14(19)8-16(21-15)9-2-4-13(18)12(17)6-9/h2-7,16H,8H2,1H3. The van der Waals surface area contributed by atoms with Crippen LogP contribution in [-0.4, -0.2) is 12.9 Å². The van der Waals surface area contributed by atoms with E-state index in [0.29, 0.717) is 21.5 Å². The number of methoxy groups -OCH3 is 1. The molecule has 1 unspecified atom stereocenters. The molecule has 3 nitrogen and oxygen atoms in total. The topological polar surface area (TPSA) is 35.5 Å². The maximum Gasteiger partial charge on any atom is 0.170 e. The minimum atomic E-state index is -0.407. The number of ketones is 1. The van der Waals surface area contributed by atoms with E-state index in [1.165, 1.54) is 6.07 Å². The summed E-state index contributed by atoms with van der Waals surface area (Å²) in [6.07, 6.45) is -0.187. The van der Waals surface area contributed by atoms with Crippen molar-refractivity contribution in [2.24, 2.45) is 0 Å². The quantitative estimate of drug-likeness (QED) is 0.809. The van der Waals surface area contributed by atoms with Gasteiger partial charge in [-0.3, -0.25) is 4.79 Å². The predicted molar refractivity (Wildman–Crippen MR) is 79.4 cm³/mol. The molecule has 0 saturated carbocycles. The smallest absolute Gasteiger partial charge is 0.170 e. The van der Waals surface area contributed by atoms with Gasteiger partial charge < -0.3 is 9.47 Å². The fraction of sp³-hybridized carbons (Fsp3) is 0.188. The van der Waals surface area contributed by atoms with Gasteiger partial charge in [-0.2, -0.15) is 0 Å². The molecule has 1 aliphatic heterocycles. The molecular formula is C16H12BrFO3. The van der Waals surface area contributed by atoms with E-state index >= 15 is 0 Å². The van der Waals surface area contributed by atoms with E-state index in [0.717, 1.165) is 5.56 Å². The van der Waals surface area contributed by atoms with E-state index in [2.05, 4.69) is 15.9 Å². The lowest BCUT2D eigenvalue weighted by Gasteiger charge is -2.26. The van der Waals surface area contributed by atoms with E-state index in [4.69, 9.17) is 9.47 Å². The van der Waals surface area contributed by atoms with Crippen molar-refractivity contribution in [1.29, 1.82) is 0 Å². The first-order chi connectivity index (χ1) is 10.1. The Balaban J connectivity index is 1.94. The van der Waals surface area contributed by atoms with E-state index in [1.54, 1.807) is 37.4 Å². The summed E-state index contributed by atoms with van der Waals surface area (Å²) in [5.41, 5.74) is 1.28. The number of carbonyl (C=O) groups is 1. The summed E-state index contributed by atoms with van der Waals surface area (Å²) in [6, 6.07) is 9.77. The molecule has 1 heterocycles. The van der Waals surface area contributed by atoms with Crippen LogP contribution in [0, 0.1) is 5.82 Å². The second-order valence-electron chi connectivity index (χ2n) is 4.77. The largest absolute Gasteiger partial charge is 0.497 e. The average molecular weight is 351 g/mol. The Morgan fingerprint density at radius 1 is 1.29 bits per heavy atom. The number of halogens is 2. The summed E-state index contributed by atoms with van der Waals surface area (Å²) in [4.78, 5) is 12.3. The number of fused-ring (bicyclic) bond motifs is 1. The lowest BCUT2D eigenvalue weighted by Crippen LogP contribution is -2.20. The zero-order chi connectivity index (χ0) is 15.0. The van der Waals surface area contributed by atoms with Crippen LogP contribution in [0.2, 0.25) is 0 Å². The molecule has 0 amide bonds. The van der Waals surface area contributed by atoms with Crippen LogP contribution in [-0.2, 0) is 0 Å². The average Bonchev–Trinajstić information content (AvgIpc) is 2.49. The molecule has 0 spiro atoms. The van der Waals surface area contributed by atoms with Crippen molar-refractivity contribution in [2.45, 2.75) is 12.5 Å². The third kappa shape index (κ3) is 2.65. The molecule has 108 valence electrons. The molecule has 0 saturated heterocycles. The highest BCUT2D eigenvalue weighted by Gasteiger charge is 2.28. The Hall–Kier alpha value is -1.88. The van der Waals surface area contributed by atoms with Gasteiger partial charge in [0.05, 0.1) is 23.6 Å². The minimum Gasteiger partial charge on any atom is -0.497 e. The molecule has 0 aliphatic carbocycles. The maximum absolute atomic E-state index is 13.3. The number of benzene rings is 2. The monoisotopic (exact) mass is 350 g/mol. The van der Waals surface area contributed by atoms with Crippen molar-refractivity contribution in [3.8, 4) is 11.5 Å². The van der Waals surface area contributed by atoms with Crippen LogP contribution >= 0.6 is 15.9 Å². The number of carbonyl (C=O) groups excluding carboxylic acids is 1. The molecule has 2 aromatic rings. The molecule has 3 rings (SSSR count). The molecule has 0 N–H and O–H groups in total. The lowest BCUT2D eigenvalue weighted by molar-refractivity contribution is 0.0849. The second-order valence-corrected chi connectivity index (χ2v) is 5.62. The molecule has 1 atom stereocenters. The molecule has 0 bridgehead atoms. The van der Waals surface area contributed by atoms with Crippen molar-refractivity contribution in [3.05, 3.63) is 57.8 Å². The third-order valence-corrected chi connectivity index (χ3v) is 4.05. The maximum atomic E-state index is 13.3. The molecule has 5 heteroatoms. The van der Waals surface area contributed by atoms with Crippen molar-refractivity contribution in [3.63, 3.8) is 0 Å².